The standard InChI is InChI=1S/C16H20N2O3.C4H10/c1-3-11(16(21)17-9-15(19)20)8-12-10-18(2)14-7-5-4-6-13(12)14;1-4(2)3/h4-7,10-11H,3,8-9H2,1-2H3,(H,17,21)(H,19,20);4H,1-3H3/t11-;/m0./s1. The molecule has 2 aromatic rings. The predicted molar refractivity (Wildman–Crippen MR) is 102 cm³/mol. The molecule has 0 bridgehead atoms. The highest BCUT2D eigenvalue weighted by Crippen LogP contribution is 2.24. The predicted octanol–water partition coefficient (Wildman–Crippen LogP) is 3.61. The number of carboxylic acids is 1. The van der Waals surface area contributed by atoms with E-state index in [0.29, 0.717) is 12.8 Å². The van der Waals surface area contributed by atoms with E-state index in [0.717, 1.165) is 22.4 Å². The summed E-state index contributed by atoms with van der Waals surface area (Å²) < 4.78 is 2.05. The van der Waals surface area contributed by atoms with Gasteiger partial charge in [0.2, 0.25) is 5.91 Å². The van der Waals surface area contributed by atoms with E-state index in [4.69, 9.17) is 5.11 Å². The number of carbonyl (C=O) groups excluding carboxylic acids is 1. The molecule has 1 heterocycles. The lowest BCUT2D eigenvalue weighted by Crippen LogP contribution is -2.35. The molecule has 0 aliphatic heterocycles. The number of hydrogen-bond acceptors (Lipinski definition) is 2. The van der Waals surface area contributed by atoms with Crippen molar-refractivity contribution in [1.82, 2.24) is 9.88 Å². The number of carboxylic acid groups (broad SMARTS) is 1. The zero-order valence-electron chi connectivity index (χ0n) is 15.9. The van der Waals surface area contributed by atoms with E-state index in [1.165, 1.54) is 0 Å². The van der Waals surface area contributed by atoms with Gasteiger partial charge in [-0.1, -0.05) is 45.9 Å². The van der Waals surface area contributed by atoms with Crippen LogP contribution in [0.2, 0.25) is 0 Å². The lowest BCUT2D eigenvalue weighted by atomic mass is 9.96. The molecule has 0 fully saturated rings. The maximum absolute atomic E-state index is 12.0. The molecule has 0 aliphatic rings. The largest absolute Gasteiger partial charge is 0.480 e. The minimum Gasteiger partial charge on any atom is -0.480 e. The van der Waals surface area contributed by atoms with Gasteiger partial charge < -0.3 is 15.0 Å². The van der Waals surface area contributed by atoms with E-state index >= 15 is 0 Å². The monoisotopic (exact) mass is 346 g/mol. The van der Waals surface area contributed by atoms with E-state index in [-0.39, 0.29) is 18.4 Å². The lowest BCUT2D eigenvalue weighted by molar-refractivity contribution is -0.138. The molecule has 0 saturated carbocycles. The Labute approximate surface area is 150 Å². The Morgan fingerprint density at radius 1 is 1.20 bits per heavy atom. The summed E-state index contributed by atoms with van der Waals surface area (Å²) in [4.78, 5) is 22.6. The van der Waals surface area contributed by atoms with Crippen LogP contribution in [0.15, 0.2) is 30.5 Å². The van der Waals surface area contributed by atoms with E-state index in [1.54, 1.807) is 0 Å². The number of nitrogens with zero attached hydrogens (tertiary/aromatic N) is 1. The zero-order valence-corrected chi connectivity index (χ0v) is 15.9. The van der Waals surface area contributed by atoms with E-state index < -0.39 is 5.97 Å². The van der Waals surface area contributed by atoms with Crippen molar-refractivity contribution in [2.24, 2.45) is 18.9 Å². The summed E-state index contributed by atoms with van der Waals surface area (Å²) in [5.41, 5.74) is 2.25. The highest BCUT2D eigenvalue weighted by molar-refractivity contribution is 5.86. The number of aliphatic carboxylic acids is 1. The number of benzene rings is 1. The van der Waals surface area contributed by atoms with Crippen molar-refractivity contribution in [2.75, 3.05) is 6.54 Å². The fourth-order valence-corrected chi connectivity index (χ4v) is 2.58. The Balaban J connectivity index is 0.000000705. The van der Waals surface area contributed by atoms with Crippen molar-refractivity contribution in [2.45, 2.75) is 40.5 Å². The second-order valence-corrected chi connectivity index (χ2v) is 6.94. The third-order valence-electron chi connectivity index (χ3n) is 3.72. The molecular weight excluding hydrogens is 316 g/mol. The quantitative estimate of drug-likeness (QED) is 0.839. The molecule has 2 rings (SSSR count). The van der Waals surface area contributed by atoms with Crippen LogP contribution >= 0.6 is 0 Å². The van der Waals surface area contributed by atoms with Crippen LogP contribution in [-0.2, 0) is 23.1 Å². The van der Waals surface area contributed by atoms with Crippen molar-refractivity contribution in [3.8, 4) is 0 Å². The minimum atomic E-state index is -1.02. The molecule has 25 heavy (non-hydrogen) atoms. The normalized spacial score (nSPS) is 11.8. The first kappa shape index (κ1) is 20.7. The van der Waals surface area contributed by atoms with Crippen LogP contribution in [-0.4, -0.2) is 28.1 Å². The van der Waals surface area contributed by atoms with E-state index in [9.17, 15) is 9.59 Å². The topological polar surface area (TPSA) is 71.3 Å². The molecule has 1 atom stereocenters. The molecule has 0 saturated heterocycles. The Bertz CT molecular complexity index is 701. The lowest BCUT2D eigenvalue weighted by Gasteiger charge is -2.13. The number of aromatic nitrogens is 1. The molecule has 0 unspecified atom stereocenters. The van der Waals surface area contributed by atoms with Crippen molar-refractivity contribution in [1.29, 1.82) is 0 Å². The van der Waals surface area contributed by atoms with Gasteiger partial charge >= 0.3 is 5.97 Å². The van der Waals surface area contributed by atoms with Crippen LogP contribution in [0.5, 0.6) is 0 Å². The van der Waals surface area contributed by atoms with Crippen molar-refractivity contribution >= 4 is 22.8 Å². The average molecular weight is 346 g/mol. The van der Waals surface area contributed by atoms with Gasteiger partial charge in [0.25, 0.3) is 0 Å². The maximum Gasteiger partial charge on any atom is 0.322 e. The number of rotatable bonds is 6. The maximum atomic E-state index is 12.0. The first-order chi connectivity index (χ1) is 11.8. The molecule has 0 spiro atoms. The summed E-state index contributed by atoms with van der Waals surface area (Å²) in [6.07, 6.45) is 3.33. The number of nitrogens with one attached hydrogen (secondary N) is 1. The summed E-state index contributed by atoms with van der Waals surface area (Å²) in [5, 5.41) is 12.2. The molecule has 1 aromatic carbocycles. The molecule has 5 heteroatoms. The Kier molecular flexibility index (Phi) is 8.19. The van der Waals surface area contributed by atoms with Gasteiger partial charge in [0.05, 0.1) is 0 Å². The van der Waals surface area contributed by atoms with Crippen LogP contribution in [0.3, 0.4) is 0 Å². The fraction of sp³-hybridized carbons (Fsp3) is 0.500. The van der Waals surface area contributed by atoms with E-state index in [2.05, 4.69) is 26.1 Å². The van der Waals surface area contributed by atoms with Crippen molar-refractivity contribution in [3.05, 3.63) is 36.0 Å². The first-order valence-corrected chi connectivity index (χ1v) is 8.78. The molecule has 0 aliphatic carbocycles. The highest BCUT2D eigenvalue weighted by Gasteiger charge is 2.19. The number of fused-ring (bicyclic) bond motifs is 1. The average Bonchev–Trinajstić information content (AvgIpc) is 2.86. The van der Waals surface area contributed by atoms with Gasteiger partial charge in [-0.05, 0) is 30.4 Å². The molecule has 138 valence electrons. The number of aryl methyl sites for hydroxylation is 1. The number of hydrogen-bond donors (Lipinski definition) is 2. The van der Waals surface area contributed by atoms with Gasteiger partial charge in [-0.2, -0.15) is 0 Å². The van der Waals surface area contributed by atoms with Gasteiger partial charge in [-0.25, -0.2) is 0 Å². The molecule has 1 aromatic heterocycles. The molecule has 2 N–H and O–H groups in total. The van der Waals surface area contributed by atoms with Crippen molar-refractivity contribution in [3.63, 3.8) is 0 Å². The molecule has 0 radical (unpaired) electrons. The Morgan fingerprint density at radius 3 is 2.36 bits per heavy atom. The van der Waals surface area contributed by atoms with Crippen LogP contribution in [0.25, 0.3) is 10.9 Å². The Morgan fingerprint density at radius 2 is 1.80 bits per heavy atom. The molecule has 5 nitrogen and oxygen atoms in total. The summed E-state index contributed by atoms with van der Waals surface area (Å²) in [7, 11) is 1.98. The number of para-hydroxylation sites is 1. The van der Waals surface area contributed by atoms with Crippen molar-refractivity contribution < 1.29 is 14.7 Å². The van der Waals surface area contributed by atoms with Gasteiger partial charge in [0.15, 0.2) is 0 Å². The smallest absolute Gasteiger partial charge is 0.322 e. The van der Waals surface area contributed by atoms with E-state index in [1.807, 2.05) is 49.0 Å². The second-order valence-electron chi connectivity index (χ2n) is 6.94. The SMILES string of the molecule is CC(C)C.CC[C@@H](Cc1cn(C)c2ccccc12)C(=O)NCC(=O)O. The van der Waals surface area contributed by atoms with Gasteiger partial charge in [0, 0.05) is 30.1 Å². The Hall–Kier alpha value is -2.30. The first-order valence-electron chi connectivity index (χ1n) is 8.78. The highest BCUT2D eigenvalue weighted by atomic mass is 16.4. The van der Waals surface area contributed by atoms with Gasteiger partial charge in [-0.3, -0.25) is 9.59 Å². The second kappa shape index (κ2) is 9.87. The van der Waals surface area contributed by atoms with Crippen LogP contribution in [0.4, 0.5) is 0 Å². The minimum absolute atomic E-state index is 0.201. The van der Waals surface area contributed by atoms with Gasteiger partial charge in [0.1, 0.15) is 6.54 Å². The van der Waals surface area contributed by atoms with Crippen LogP contribution < -0.4 is 5.32 Å². The van der Waals surface area contributed by atoms with Gasteiger partial charge in [-0.15, -0.1) is 0 Å². The summed E-state index contributed by atoms with van der Waals surface area (Å²) in [5.74, 6) is -0.605. The zero-order chi connectivity index (χ0) is 19.0. The summed E-state index contributed by atoms with van der Waals surface area (Å²) in [6, 6.07) is 8.07. The molecular formula is C20H30N2O3. The number of amides is 1. The number of carbonyl (C=O) groups is 2. The van der Waals surface area contributed by atoms with Crippen LogP contribution in [0, 0.1) is 11.8 Å². The molecule has 1 amide bonds. The fourth-order valence-electron chi connectivity index (χ4n) is 2.58. The third-order valence-corrected chi connectivity index (χ3v) is 3.72. The summed E-state index contributed by atoms with van der Waals surface area (Å²) >= 11 is 0. The summed E-state index contributed by atoms with van der Waals surface area (Å²) in [6.45, 7) is 8.11. The van der Waals surface area contributed by atoms with Crippen LogP contribution in [0.1, 0.15) is 39.7 Å². The third kappa shape index (κ3) is 6.61.